The summed E-state index contributed by atoms with van der Waals surface area (Å²) in [5.74, 6) is -0.950. The predicted octanol–water partition coefficient (Wildman–Crippen LogP) is 8.23. The number of anilines is 1. The van der Waals surface area contributed by atoms with Crippen LogP contribution in [0.1, 0.15) is 72.8 Å². The molecule has 37 heavy (non-hydrogen) atoms. The van der Waals surface area contributed by atoms with Crippen LogP contribution in [0.2, 0.25) is 0 Å². The van der Waals surface area contributed by atoms with Gasteiger partial charge in [0.1, 0.15) is 5.58 Å². The number of aliphatic hydroxyl groups is 1. The van der Waals surface area contributed by atoms with Gasteiger partial charge in [-0.1, -0.05) is 80.0 Å². The molecule has 0 radical (unpaired) electrons. The minimum absolute atomic E-state index is 0.00774. The summed E-state index contributed by atoms with van der Waals surface area (Å²) in [6.45, 7) is 8.42. The molecular formula is C31H28BrNO4. The zero-order valence-electron chi connectivity index (χ0n) is 21.2. The molecule has 1 unspecified atom stereocenters. The molecule has 1 aliphatic rings. The number of furan rings is 1. The van der Waals surface area contributed by atoms with Crippen LogP contribution in [0.3, 0.4) is 0 Å². The van der Waals surface area contributed by atoms with Gasteiger partial charge in [0.05, 0.1) is 11.6 Å². The summed E-state index contributed by atoms with van der Waals surface area (Å²) < 4.78 is 6.71. The van der Waals surface area contributed by atoms with Crippen LogP contribution >= 0.6 is 15.9 Å². The number of benzene rings is 3. The van der Waals surface area contributed by atoms with E-state index in [1.807, 2.05) is 60.7 Å². The van der Waals surface area contributed by atoms with Crippen LogP contribution in [-0.4, -0.2) is 16.8 Å². The minimum atomic E-state index is -0.800. The molecule has 0 fully saturated rings. The van der Waals surface area contributed by atoms with Gasteiger partial charge in [-0.05, 0) is 64.9 Å². The van der Waals surface area contributed by atoms with E-state index in [1.165, 1.54) is 4.90 Å². The van der Waals surface area contributed by atoms with Crippen LogP contribution in [0.15, 0.2) is 93.0 Å². The zero-order valence-corrected chi connectivity index (χ0v) is 22.7. The number of fused-ring (bicyclic) bond motifs is 1. The van der Waals surface area contributed by atoms with Crippen molar-refractivity contribution in [2.45, 2.75) is 45.6 Å². The first-order valence-corrected chi connectivity index (χ1v) is 13.1. The van der Waals surface area contributed by atoms with Gasteiger partial charge in [-0.15, -0.1) is 0 Å². The Kier molecular flexibility index (Phi) is 6.54. The highest BCUT2D eigenvalue weighted by molar-refractivity contribution is 9.10. The number of ketones is 1. The number of carbonyl (C=O) groups excluding carboxylic acids is 2. The van der Waals surface area contributed by atoms with Gasteiger partial charge in [-0.2, -0.15) is 0 Å². The van der Waals surface area contributed by atoms with Crippen LogP contribution < -0.4 is 4.90 Å². The van der Waals surface area contributed by atoms with E-state index in [0.717, 1.165) is 26.5 Å². The van der Waals surface area contributed by atoms with Gasteiger partial charge in [-0.3, -0.25) is 14.5 Å². The Hall–Kier alpha value is -3.64. The van der Waals surface area contributed by atoms with E-state index >= 15 is 0 Å². The molecule has 0 bridgehead atoms. The smallest absolute Gasteiger partial charge is 0.294 e. The lowest BCUT2D eigenvalue weighted by Crippen LogP contribution is -2.31. The number of rotatable bonds is 6. The summed E-state index contributed by atoms with van der Waals surface area (Å²) in [6.07, 6.45) is 0. The molecule has 0 aliphatic carbocycles. The normalized spacial score (nSPS) is 16.0. The number of halogens is 1. The van der Waals surface area contributed by atoms with E-state index in [4.69, 9.17) is 4.42 Å². The molecule has 1 aromatic heterocycles. The van der Waals surface area contributed by atoms with Crippen molar-refractivity contribution in [2.75, 3.05) is 4.90 Å². The average Bonchev–Trinajstić information content (AvgIpc) is 3.42. The molecule has 6 heteroatoms. The van der Waals surface area contributed by atoms with Gasteiger partial charge in [-0.25, -0.2) is 0 Å². The van der Waals surface area contributed by atoms with Gasteiger partial charge in [0.2, 0.25) is 5.78 Å². The van der Waals surface area contributed by atoms with Crippen molar-refractivity contribution in [3.8, 4) is 0 Å². The second kappa shape index (κ2) is 9.67. The number of amides is 1. The van der Waals surface area contributed by atoms with Crippen molar-refractivity contribution in [1.29, 1.82) is 0 Å². The highest BCUT2D eigenvalue weighted by Crippen LogP contribution is 2.43. The Bertz CT molecular complexity index is 1530. The van der Waals surface area contributed by atoms with Gasteiger partial charge in [0.25, 0.3) is 5.91 Å². The first-order valence-electron chi connectivity index (χ1n) is 12.4. The molecule has 4 aromatic rings. The monoisotopic (exact) mass is 557 g/mol. The Morgan fingerprint density at radius 1 is 0.892 bits per heavy atom. The number of aliphatic hydroxyl groups excluding tert-OH is 1. The SMILES string of the molecule is CC(C)c1ccc(C2C(C(=O)c3cc4cc(Br)ccc4o3)=C(O)C(=O)N2c2ccc(C(C)C)cc2)cc1. The van der Waals surface area contributed by atoms with E-state index in [1.54, 1.807) is 12.1 Å². The summed E-state index contributed by atoms with van der Waals surface area (Å²) >= 11 is 3.44. The minimum Gasteiger partial charge on any atom is -0.503 e. The third-order valence-corrected chi connectivity index (χ3v) is 7.40. The summed E-state index contributed by atoms with van der Waals surface area (Å²) in [4.78, 5) is 28.8. The molecular weight excluding hydrogens is 530 g/mol. The summed E-state index contributed by atoms with van der Waals surface area (Å²) in [7, 11) is 0. The lowest BCUT2D eigenvalue weighted by Gasteiger charge is -2.27. The van der Waals surface area contributed by atoms with Crippen LogP contribution in [0.5, 0.6) is 0 Å². The van der Waals surface area contributed by atoms with Crippen LogP contribution in [0, 0.1) is 0 Å². The van der Waals surface area contributed by atoms with Crippen molar-refractivity contribution in [3.05, 3.63) is 111 Å². The number of Topliss-reactive ketones (excluding diaryl/α,β-unsaturated/α-hetero) is 1. The van der Waals surface area contributed by atoms with E-state index in [-0.39, 0.29) is 11.3 Å². The summed E-state index contributed by atoms with van der Waals surface area (Å²) in [5, 5.41) is 11.8. The number of carbonyl (C=O) groups is 2. The Labute approximate surface area is 224 Å². The maximum absolute atomic E-state index is 13.8. The van der Waals surface area contributed by atoms with Crippen LogP contribution in [-0.2, 0) is 4.79 Å². The molecule has 1 aliphatic heterocycles. The van der Waals surface area contributed by atoms with Crippen molar-refractivity contribution < 1.29 is 19.1 Å². The standard InChI is InChI=1S/C31H28BrNO4/c1-17(2)19-5-7-21(8-6-19)28-27(29(34)26-16-22-15-23(32)11-14-25(22)37-26)30(35)31(36)33(28)24-12-9-20(10-13-24)18(3)4/h5-18,28,35H,1-4H3. The molecule has 5 nitrogen and oxygen atoms in total. The van der Waals surface area contributed by atoms with Gasteiger partial charge < -0.3 is 9.52 Å². The molecule has 5 rings (SSSR count). The summed E-state index contributed by atoms with van der Waals surface area (Å²) in [5.41, 5.74) is 4.18. The lowest BCUT2D eigenvalue weighted by molar-refractivity contribution is -0.117. The second-order valence-electron chi connectivity index (χ2n) is 10.0. The molecule has 0 saturated carbocycles. The topological polar surface area (TPSA) is 70.7 Å². The van der Waals surface area contributed by atoms with E-state index < -0.39 is 23.5 Å². The summed E-state index contributed by atoms with van der Waals surface area (Å²) in [6, 6.07) is 21.8. The molecule has 1 N–H and O–H groups in total. The first-order chi connectivity index (χ1) is 17.7. The van der Waals surface area contributed by atoms with Gasteiger partial charge in [0, 0.05) is 15.5 Å². The molecule has 0 saturated heterocycles. The van der Waals surface area contributed by atoms with Gasteiger partial charge >= 0.3 is 0 Å². The molecule has 1 amide bonds. The highest BCUT2D eigenvalue weighted by atomic mass is 79.9. The van der Waals surface area contributed by atoms with E-state index in [2.05, 4.69) is 43.6 Å². The van der Waals surface area contributed by atoms with Crippen LogP contribution in [0.25, 0.3) is 11.0 Å². The Morgan fingerprint density at radius 3 is 2.08 bits per heavy atom. The second-order valence-corrected chi connectivity index (χ2v) is 10.9. The zero-order chi connectivity index (χ0) is 26.4. The lowest BCUT2D eigenvalue weighted by atomic mass is 9.92. The molecule has 2 heterocycles. The maximum atomic E-state index is 13.8. The van der Waals surface area contributed by atoms with E-state index in [0.29, 0.717) is 23.1 Å². The van der Waals surface area contributed by atoms with Crippen molar-refractivity contribution in [1.82, 2.24) is 0 Å². The molecule has 3 aromatic carbocycles. The quantitative estimate of drug-likeness (QED) is 0.242. The fourth-order valence-corrected chi connectivity index (χ4v) is 5.14. The Morgan fingerprint density at radius 2 is 1.49 bits per heavy atom. The third-order valence-electron chi connectivity index (χ3n) is 6.91. The fourth-order valence-electron chi connectivity index (χ4n) is 4.76. The van der Waals surface area contributed by atoms with Gasteiger partial charge in [0.15, 0.2) is 11.5 Å². The van der Waals surface area contributed by atoms with Crippen LogP contribution in [0.4, 0.5) is 5.69 Å². The molecule has 188 valence electrons. The fraction of sp³-hybridized carbons (Fsp3) is 0.226. The van der Waals surface area contributed by atoms with Crippen molar-refractivity contribution in [2.24, 2.45) is 0 Å². The van der Waals surface area contributed by atoms with E-state index in [9.17, 15) is 14.7 Å². The molecule has 0 spiro atoms. The average molecular weight is 558 g/mol. The van der Waals surface area contributed by atoms with Crippen molar-refractivity contribution in [3.63, 3.8) is 0 Å². The third kappa shape index (κ3) is 4.51. The van der Waals surface area contributed by atoms with Crippen molar-refractivity contribution >= 4 is 44.3 Å². The highest BCUT2D eigenvalue weighted by Gasteiger charge is 2.45. The number of nitrogens with zero attached hydrogens (tertiary/aromatic N) is 1. The maximum Gasteiger partial charge on any atom is 0.294 e. The first kappa shape index (κ1) is 25.0. The largest absolute Gasteiger partial charge is 0.503 e. The predicted molar refractivity (Wildman–Crippen MR) is 149 cm³/mol. The number of hydrogen-bond donors (Lipinski definition) is 1. The molecule has 1 atom stereocenters. The Balaban J connectivity index is 1.63. The number of hydrogen-bond acceptors (Lipinski definition) is 4.